The second-order valence-electron chi connectivity index (χ2n) is 11.1. The molecule has 3 aromatic rings. The summed E-state index contributed by atoms with van der Waals surface area (Å²) in [4.78, 5) is 21.4. The number of sulfonamides is 1. The molecule has 44 heavy (non-hydrogen) atoms. The van der Waals surface area contributed by atoms with E-state index >= 15 is 0 Å². The predicted molar refractivity (Wildman–Crippen MR) is 159 cm³/mol. The zero-order chi connectivity index (χ0) is 31.9. The highest BCUT2D eigenvalue weighted by molar-refractivity contribution is 7.92. The number of ether oxygens (including phenoxy) is 1. The molecule has 0 bridgehead atoms. The van der Waals surface area contributed by atoms with Crippen molar-refractivity contribution >= 4 is 45.0 Å². The number of anilines is 3. The number of nitrogens with one attached hydrogen (secondary N) is 2. The van der Waals surface area contributed by atoms with E-state index in [-0.39, 0.29) is 38.8 Å². The summed E-state index contributed by atoms with van der Waals surface area (Å²) >= 11 is 6.18. The number of benzene rings is 2. The summed E-state index contributed by atoms with van der Waals surface area (Å²) < 4.78 is 75.2. The molecule has 3 heterocycles. The van der Waals surface area contributed by atoms with E-state index in [4.69, 9.17) is 22.1 Å². The number of nitrogens with two attached hydrogens (primary N) is 1. The highest BCUT2D eigenvalue weighted by Gasteiger charge is 2.46. The van der Waals surface area contributed by atoms with Crippen molar-refractivity contribution < 1.29 is 36.2 Å². The number of nitrogen functional groups attached to an aromatic ring is 1. The molecule has 2 aromatic carbocycles. The first-order valence-electron chi connectivity index (χ1n) is 13.6. The summed E-state index contributed by atoms with van der Waals surface area (Å²) in [6.45, 7) is 1.56. The monoisotopic (exact) mass is 654 g/mol. The van der Waals surface area contributed by atoms with Gasteiger partial charge in [-0.1, -0.05) is 29.8 Å². The van der Waals surface area contributed by atoms with Gasteiger partial charge >= 0.3 is 12.1 Å². The number of rotatable bonds is 8. The molecule has 5 rings (SSSR count). The summed E-state index contributed by atoms with van der Waals surface area (Å²) in [5, 5.41) is 12.6. The van der Waals surface area contributed by atoms with Crippen LogP contribution in [0.3, 0.4) is 0 Å². The number of carboxylic acid groups (broad SMARTS) is 1. The van der Waals surface area contributed by atoms with E-state index in [1.165, 1.54) is 48.5 Å². The van der Waals surface area contributed by atoms with Crippen LogP contribution < -0.4 is 25.4 Å². The van der Waals surface area contributed by atoms with Gasteiger partial charge in [-0.05, 0) is 60.1 Å². The molecule has 2 atom stereocenters. The zero-order valence-corrected chi connectivity index (χ0v) is 25.0. The number of aromatic nitrogens is 2. The van der Waals surface area contributed by atoms with Crippen LogP contribution in [0.1, 0.15) is 30.9 Å². The summed E-state index contributed by atoms with van der Waals surface area (Å²) in [5.41, 5.74) is 5.94. The molecule has 236 valence electrons. The van der Waals surface area contributed by atoms with E-state index in [0.717, 1.165) is 6.26 Å². The van der Waals surface area contributed by atoms with Crippen molar-refractivity contribution in [2.24, 2.45) is 5.41 Å². The minimum absolute atomic E-state index is 0.0744. The number of nitrogens with zero attached hydrogens (tertiary/aromatic N) is 3. The number of aliphatic carboxylic acids is 1. The number of halogens is 4. The highest BCUT2D eigenvalue weighted by atomic mass is 35.5. The minimum atomic E-state index is -4.90. The Morgan fingerprint density at radius 3 is 2.57 bits per heavy atom. The van der Waals surface area contributed by atoms with Gasteiger partial charge in [-0.2, -0.15) is 23.1 Å². The predicted octanol–water partition coefficient (Wildman–Crippen LogP) is 4.47. The van der Waals surface area contributed by atoms with E-state index in [1.54, 1.807) is 0 Å². The molecule has 11 nitrogen and oxygen atoms in total. The van der Waals surface area contributed by atoms with Gasteiger partial charge in [0.05, 0.1) is 6.26 Å². The number of piperidine rings is 1. The molecule has 0 amide bonds. The van der Waals surface area contributed by atoms with Gasteiger partial charge in [0.1, 0.15) is 11.9 Å². The first kappa shape index (κ1) is 31.6. The third-order valence-corrected chi connectivity index (χ3v) is 8.67. The van der Waals surface area contributed by atoms with Crippen molar-refractivity contribution in [2.75, 3.05) is 41.2 Å². The molecule has 2 aliphatic heterocycles. The van der Waals surface area contributed by atoms with Crippen LogP contribution in [0.25, 0.3) is 11.1 Å². The molecule has 0 saturated carbocycles. The van der Waals surface area contributed by atoms with Crippen molar-refractivity contribution in [1.29, 1.82) is 0 Å². The topological polar surface area (TPSA) is 160 Å². The van der Waals surface area contributed by atoms with Crippen LogP contribution in [0.2, 0.25) is 5.02 Å². The first-order chi connectivity index (χ1) is 20.6. The Balaban J connectivity index is 1.43. The van der Waals surface area contributed by atoms with Crippen LogP contribution >= 0.6 is 11.6 Å². The van der Waals surface area contributed by atoms with Gasteiger partial charge in [0.15, 0.2) is 0 Å². The zero-order valence-electron chi connectivity index (χ0n) is 23.4. The van der Waals surface area contributed by atoms with Crippen molar-refractivity contribution in [2.45, 2.75) is 37.6 Å². The number of carbonyl (C=O) groups is 1. The fraction of sp³-hybridized carbons (Fsp3) is 0.393. The Bertz CT molecular complexity index is 1670. The van der Waals surface area contributed by atoms with E-state index in [0.29, 0.717) is 44.7 Å². The quantitative estimate of drug-likeness (QED) is 0.273. The molecule has 2 aliphatic rings. The second kappa shape index (κ2) is 11.9. The Hall–Kier alpha value is -3.82. The molecular weight excluding hydrogens is 625 g/mol. The normalized spacial score (nSPS) is 19.1. The number of hydrogen-bond donors (Lipinski definition) is 4. The molecule has 1 unspecified atom stereocenters. The van der Waals surface area contributed by atoms with E-state index in [2.05, 4.69) is 20.0 Å². The standard InChI is InChI=1S/C28H30ClF3N6O5S/c1-44(41,42)37-18-4-2-3-16(11-18)20-12-17(29)5-6-19(20)24(28(30,31)32)43-23-13-22(35-26(33)36-23)38-9-7-27(8-10-38)14-21(25(39)40)34-15-27/h2-6,11-13,21,24,34,37H,7-10,14-15H2,1H3,(H,39,40)(H2,33,35,36)/t21?,24-/m1/s1. The molecule has 1 aromatic heterocycles. The Labute approximate surface area is 256 Å². The molecule has 16 heteroatoms. The van der Waals surface area contributed by atoms with Crippen LogP contribution in [0.4, 0.5) is 30.6 Å². The second-order valence-corrected chi connectivity index (χ2v) is 13.3. The summed E-state index contributed by atoms with van der Waals surface area (Å²) in [6.07, 6.45) is -4.61. The van der Waals surface area contributed by atoms with Crippen molar-refractivity contribution in [3.8, 4) is 17.0 Å². The Morgan fingerprint density at radius 1 is 1.20 bits per heavy atom. The van der Waals surface area contributed by atoms with Gasteiger partial charge in [-0.25, -0.2) is 8.42 Å². The smallest absolute Gasteiger partial charge is 0.429 e. The average Bonchev–Trinajstić information content (AvgIpc) is 3.34. The van der Waals surface area contributed by atoms with Gasteiger partial charge in [0, 0.05) is 42.0 Å². The summed E-state index contributed by atoms with van der Waals surface area (Å²) in [7, 11) is -3.64. The maximum Gasteiger partial charge on any atom is 0.429 e. The van der Waals surface area contributed by atoms with E-state index < -0.39 is 40.2 Å². The summed E-state index contributed by atoms with van der Waals surface area (Å²) in [6, 6.07) is 10.4. The van der Waals surface area contributed by atoms with E-state index in [1.807, 2.05) is 4.90 Å². The van der Waals surface area contributed by atoms with Crippen LogP contribution in [-0.2, 0) is 14.8 Å². The lowest BCUT2D eigenvalue weighted by Crippen LogP contribution is -2.41. The minimum Gasteiger partial charge on any atom is -0.480 e. The largest absolute Gasteiger partial charge is 0.480 e. The third kappa shape index (κ3) is 7.27. The maximum absolute atomic E-state index is 14.6. The SMILES string of the molecule is CS(=O)(=O)Nc1cccc(-c2cc(Cl)ccc2[C@@H](Oc2cc(N3CCC4(CC3)CNC(C(=O)O)C4)nc(N)n2)C(F)(F)F)c1. The van der Waals surface area contributed by atoms with Crippen LogP contribution in [0.15, 0.2) is 48.5 Å². The van der Waals surface area contributed by atoms with Gasteiger partial charge in [-0.15, -0.1) is 0 Å². The molecule has 2 fully saturated rings. The average molecular weight is 655 g/mol. The lowest BCUT2D eigenvalue weighted by molar-refractivity contribution is -0.198. The summed E-state index contributed by atoms with van der Waals surface area (Å²) in [5.74, 6) is -1.27. The Kier molecular flexibility index (Phi) is 8.57. The lowest BCUT2D eigenvalue weighted by atomic mass is 9.76. The first-order valence-corrected chi connectivity index (χ1v) is 15.8. The molecule has 0 aliphatic carbocycles. The van der Waals surface area contributed by atoms with Crippen molar-refractivity contribution in [1.82, 2.24) is 15.3 Å². The van der Waals surface area contributed by atoms with Crippen LogP contribution in [-0.4, -0.2) is 67.6 Å². The maximum atomic E-state index is 14.6. The third-order valence-electron chi connectivity index (χ3n) is 7.82. The van der Waals surface area contributed by atoms with E-state index in [9.17, 15) is 31.5 Å². The molecule has 0 radical (unpaired) electrons. The number of carboxylic acids is 1. The highest BCUT2D eigenvalue weighted by Crippen LogP contribution is 2.43. The van der Waals surface area contributed by atoms with Crippen LogP contribution in [0.5, 0.6) is 5.88 Å². The van der Waals surface area contributed by atoms with Gasteiger partial charge in [0.2, 0.25) is 28.0 Å². The molecule has 1 spiro atoms. The Morgan fingerprint density at radius 2 is 1.93 bits per heavy atom. The van der Waals surface area contributed by atoms with Crippen molar-refractivity contribution in [3.05, 3.63) is 59.1 Å². The van der Waals surface area contributed by atoms with Crippen molar-refractivity contribution in [3.63, 3.8) is 0 Å². The van der Waals surface area contributed by atoms with Gasteiger partial charge in [0.25, 0.3) is 0 Å². The van der Waals surface area contributed by atoms with Gasteiger partial charge < -0.3 is 25.8 Å². The fourth-order valence-electron chi connectivity index (χ4n) is 5.73. The lowest BCUT2D eigenvalue weighted by Gasteiger charge is -2.39. The number of hydrogen-bond acceptors (Lipinski definition) is 9. The van der Waals surface area contributed by atoms with Gasteiger partial charge in [-0.3, -0.25) is 9.52 Å². The fourth-order valence-corrected chi connectivity index (χ4v) is 6.46. The molecular formula is C28H30ClF3N6O5S. The molecule has 2 saturated heterocycles. The number of alkyl halides is 3. The van der Waals surface area contributed by atoms with Crippen LogP contribution in [0, 0.1) is 5.41 Å². The molecule has 5 N–H and O–H groups in total.